The summed E-state index contributed by atoms with van der Waals surface area (Å²) in [6, 6.07) is 1.36. The molecule has 0 saturated carbocycles. The van der Waals surface area contributed by atoms with E-state index < -0.39 is 0 Å². The van der Waals surface area contributed by atoms with Crippen molar-refractivity contribution in [2.75, 3.05) is 6.54 Å². The van der Waals surface area contributed by atoms with Crippen LogP contribution in [-0.4, -0.2) is 36.9 Å². The van der Waals surface area contributed by atoms with Crippen molar-refractivity contribution in [3.05, 3.63) is 51.5 Å². The standard InChI is InChI=1S/C17H19N5O3/c1-10-15(11(2)25-20-10)16(24)21-7-4-3-5-13(21)12-9-14(23)22-8-6-18-17(22)19-12/h6,8-9,13H,3-5,7H2,1-2H3,(H,18,19). The first kappa shape index (κ1) is 15.6. The molecular formula is C17H19N5O3. The Morgan fingerprint density at radius 1 is 1.36 bits per heavy atom. The van der Waals surface area contributed by atoms with E-state index in [0.717, 1.165) is 19.3 Å². The van der Waals surface area contributed by atoms with Gasteiger partial charge in [-0.1, -0.05) is 5.16 Å². The number of aryl methyl sites for hydroxylation is 2. The van der Waals surface area contributed by atoms with Crippen LogP contribution >= 0.6 is 0 Å². The number of nitrogens with zero attached hydrogens (tertiary/aromatic N) is 4. The van der Waals surface area contributed by atoms with E-state index in [4.69, 9.17) is 4.52 Å². The smallest absolute Gasteiger partial charge is 0.259 e. The molecule has 4 rings (SSSR count). The molecule has 0 radical (unpaired) electrons. The fraction of sp³-hybridized carbons (Fsp3) is 0.412. The minimum atomic E-state index is -0.190. The lowest BCUT2D eigenvalue weighted by Crippen LogP contribution is -2.39. The summed E-state index contributed by atoms with van der Waals surface area (Å²) in [5.41, 5.74) is 1.65. The monoisotopic (exact) mass is 341 g/mol. The molecule has 1 N–H and O–H groups in total. The minimum Gasteiger partial charge on any atom is -0.361 e. The van der Waals surface area contributed by atoms with Gasteiger partial charge in [0.25, 0.3) is 11.5 Å². The molecule has 0 aliphatic carbocycles. The molecule has 0 aromatic carbocycles. The normalized spacial score (nSPS) is 18.0. The van der Waals surface area contributed by atoms with Crippen LogP contribution in [0.4, 0.5) is 0 Å². The zero-order valence-electron chi connectivity index (χ0n) is 14.2. The molecule has 8 nitrogen and oxygen atoms in total. The van der Waals surface area contributed by atoms with Crippen molar-refractivity contribution in [3.8, 4) is 0 Å². The van der Waals surface area contributed by atoms with Gasteiger partial charge >= 0.3 is 0 Å². The largest absolute Gasteiger partial charge is 0.361 e. The number of amides is 1. The van der Waals surface area contributed by atoms with Gasteiger partial charge in [-0.25, -0.2) is 4.98 Å². The number of aromatic amines is 1. The molecule has 1 saturated heterocycles. The lowest BCUT2D eigenvalue weighted by atomic mass is 9.97. The summed E-state index contributed by atoms with van der Waals surface area (Å²) < 4.78 is 6.60. The highest BCUT2D eigenvalue weighted by molar-refractivity contribution is 5.96. The Labute approximate surface area is 143 Å². The number of rotatable bonds is 2. The molecule has 1 atom stereocenters. The summed E-state index contributed by atoms with van der Waals surface area (Å²) in [7, 11) is 0. The number of aromatic nitrogens is 4. The van der Waals surface area contributed by atoms with Crippen LogP contribution in [0.5, 0.6) is 0 Å². The molecule has 0 spiro atoms. The van der Waals surface area contributed by atoms with E-state index in [1.807, 2.05) is 0 Å². The molecule has 130 valence electrons. The molecule has 1 aliphatic rings. The van der Waals surface area contributed by atoms with E-state index in [-0.39, 0.29) is 17.5 Å². The second kappa shape index (κ2) is 5.87. The van der Waals surface area contributed by atoms with E-state index >= 15 is 0 Å². The van der Waals surface area contributed by atoms with Gasteiger partial charge in [0.2, 0.25) is 5.78 Å². The number of carbonyl (C=O) groups is 1. The van der Waals surface area contributed by atoms with Gasteiger partial charge < -0.3 is 14.4 Å². The van der Waals surface area contributed by atoms with E-state index in [1.165, 1.54) is 4.40 Å². The van der Waals surface area contributed by atoms with Gasteiger partial charge in [0.15, 0.2) is 0 Å². The second-order valence-corrected chi connectivity index (χ2v) is 6.39. The van der Waals surface area contributed by atoms with Crippen LogP contribution in [0, 0.1) is 13.8 Å². The zero-order chi connectivity index (χ0) is 17.6. The number of hydrogen-bond donors (Lipinski definition) is 1. The number of fused-ring (bicyclic) bond motifs is 1. The first-order valence-corrected chi connectivity index (χ1v) is 8.36. The Kier molecular flexibility index (Phi) is 3.67. The van der Waals surface area contributed by atoms with E-state index in [0.29, 0.717) is 35.0 Å². The summed E-state index contributed by atoms with van der Waals surface area (Å²) in [5.74, 6) is 0.895. The second-order valence-electron chi connectivity index (χ2n) is 6.39. The van der Waals surface area contributed by atoms with Gasteiger partial charge in [0.05, 0.1) is 11.7 Å². The number of piperidine rings is 1. The molecule has 1 unspecified atom stereocenters. The van der Waals surface area contributed by atoms with Crippen LogP contribution in [0.25, 0.3) is 5.78 Å². The van der Waals surface area contributed by atoms with E-state index in [2.05, 4.69) is 15.1 Å². The molecule has 0 bridgehead atoms. The molecule has 8 heteroatoms. The highest BCUT2D eigenvalue weighted by Gasteiger charge is 2.32. The molecule has 1 amide bonds. The molecule has 1 fully saturated rings. The number of carbonyl (C=O) groups excluding carboxylic acids is 1. The number of hydrogen-bond acceptors (Lipinski definition) is 5. The van der Waals surface area contributed by atoms with Gasteiger partial charge in [-0.3, -0.25) is 14.0 Å². The van der Waals surface area contributed by atoms with Crippen molar-refractivity contribution >= 4 is 11.7 Å². The van der Waals surface area contributed by atoms with Gasteiger partial charge in [-0.15, -0.1) is 0 Å². The molecule has 3 aromatic rings. The van der Waals surface area contributed by atoms with Crippen LogP contribution in [0.15, 0.2) is 27.8 Å². The average molecular weight is 341 g/mol. The van der Waals surface area contributed by atoms with Crippen LogP contribution in [0.1, 0.15) is 52.8 Å². The maximum atomic E-state index is 13.1. The third-order valence-corrected chi connectivity index (χ3v) is 4.78. The maximum absolute atomic E-state index is 13.1. The molecule has 4 heterocycles. The van der Waals surface area contributed by atoms with Crippen LogP contribution in [0.2, 0.25) is 0 Å². The van der Waals surface area contributed by atoms with Crippen LogP contribution < -0.4 is 5.56 Å². The summed E-state index contributed by atoms with van der Waals surface area (Å²) in [5, 5.41) is 3.88. The quantitative estimate of drug-likeness (QED) is 0.769. The topological polar surface area (TPSA) is 96.5 Å². The molecule has 25 heavy (non-hydrogen) atoms. The molecule has 3 aromatic heterocycles. The Bertz CT molecular complexity index is 980. The Balaban J connectivity index is 1.76. The third kappa shape index (κ3) is 2.54. The third-order valence-electron chi connectivity index (χ3n) is 4.78. The maximum Gasteiger partial charge on any atom is 0.259 e. The Hall–Kier alpha value is -2.90. The number of imidazole rings is 1. The average Bonchev–Trinajstić information content (AvgIpc) is 3.21. The lowest BCUT2D eigenvalue weighted by Gasteiger charge is -2.35. The summed E-state index contributed by atoms with van der Waals surface area (Å²) in [4.78, 5) is 34.6. The fourth-order valence-corrected chi connectivity index (χ4v) is 3.55. The minimum absolute atomic E-state index is 0.106. The fourth-order valence-electron chi connectivity index (χ4n) is 3.55. The van der Waals surface area contributed by atoms with Crippen molar-refractivity contribution < 1.29 is 9.32 Å². The number of H-pyrrole nitrogens is 1. The van der Waals surface area contributed by atoms with Gasteiger partial charge in [-0.2, -0.15) is 0 Å². The zero-order valence-corrected chi connectivity index (χ0v) is 14.2. The lowest BCUT2D eigenvalue weighted by molar-refractivity contribution is 0.0603. The van der Waals surface area contributed by atoms with Crippen molar-refractivity contribution in [3.63, 3.8) is 0 Å². The summed E-state index contributed by atoms with van der Waals surface area (Å²) in [6.45, 7) is 4.14. The first-order chi connectivity index (χ1) is 12.1. The Morgan fingerprint density at radius 2 is 2.20 bits per heavy atom. The van der Waals surface area contributed by atoms with Crippen molar-refractivity contribution in [1.82, 2.24) is 24.4 Å². The predicted octanol–water partition coefficient (Wildman–Crippen LogP) is 1.99. The van der Waals surface area contributed by atoms with Gasteiger partial charge in [0, 0.05) is 30.7 Å². The highest BCUT2D eigenvalue weighted by Crippen LogP contribution is 2.31. The van der Waals surface area contributed by atoms with Crippen LogP contribution in [0.3, 0.4) is 0 Å². The summed E-state index contributed by atoms with van der Waals surface area (Å²) in [6.07, 6.45) is 5.91. The number of nitrogens with one attached hydrogen (secondary N) is 1. The van der Waals surface area contributed by atoms with Crippen molar-refractivity contribution in [1.29, 1.82) is 0 Å². The SMILES string of the molecule is Cc1noc(C)c1C(=O)N1CCCCC1c1cc(=O)n2ccnc2[nH]1. The van der Waals surface area contributed by atoms with E-state index in [9.17, 15) is 9.59 Å². The van der Waals surface area contributed by atoms with Crippen LogP contribution in [-0.2, 0) is 0 Å². The molecular weight excluding hydrogens is 322 g/mol. The van der Waals surface area contributed by atoms with E-state index in [1.54, 1.807) is 37.2 Å². The number of likely N-dealkylation sites (tertiary alicyclic amines) is 1. The Morgan fingerprint density at radius 3 is 2.96 bits per heavy atom. The van der Waals surface area contributed by atoms with Gasteiger partial charge in [0.1, 0.15) is 11.3 Å². The predicted molar refractivity (Wildman–Crippen MR) is 89.4 cm³/mol. The first-order valence-electron chi connectivity index (χ1n) is 8.36. The van der Waals surface area contributed by atoms with Gasteiger partial charge in [-0.05, 0) is 33.1 Å². The van der Waals surface area contributed by atoms with Crippen molar-refractivity contribution in [2.24, 2.45) is 0 Å². The summed E-state index contributed by atoms with van der Waals surface area (Å²) >= 11 is 0. The molecule has 1 aliphatic heterocycles. The highest BCUT2D eigenvalue weighted by atomic mass is 16.5. The van der Waals surface area contributed by atoms with Crippen molar-refractivity contribution in [2.45, 2.75) is 39.2 Å².